The Morgan fingerprint density at radius 3 is 2.50 bits per heavy atom. The molecule has 0 radical (unpaired) electrons. The fourth-order valence-electron chi connectivity index (χ4n) is 2.30. The van der Waals surface area contributed by atoms with Crippen LogP contribution in [0.1, 0.15) is 20.8 Å². The number of nitrogens with one attached hydrogen (secondary N) is 2. The highest BCUT2D eigenvalue weighted by Crippen LogP contribution is 2.21. The van der Waals surface area contributed by atoms with Gasteiger partial charge in [-0.25, -0.2) is 0 Å². The number of hydrogen-bond acceptors (Lipinski definition) is 4. The first-order valence-electron chi connectivity index (χ1n) is 7.64. The summed E-state index contributed by atoms with van der Waals surface area (Å²) >= 11 is 0. The van der Waals surface area contributed by atoms with E-state index < -0.39 is 0 Å². The predicted octanol–water partition coefficient (Wildman–Crippen LogP) is 2.54. The number of carbonyl (C=O) groups excluding carboxylic acids is 1. The lowest BCUT2D eigenvalue weighted by molar-refractivity contribution is -0.138. The molecule has 3 rings (SSSR count). The van der Waals surface area contributed by atoms with E-state index in [2.05, 4.69) is 44.2 Å². The molecular weight excluding hydrogens is 278 g/mol. The summed E-state index contributed by atoms with van der Waals surface area (Å²) in [6, 6.07) is 8.75. The van der Waals surface area contributed by atoms with Crippen LogP contribution in [-0.2, 0) is 9.53 Å². The zero-order valence-electron chi connectivity index (χ0n) is 13.6. The molecule has 120 valence electrons. The van der Waals surface area contributed by atoms with Crippen LogP contribution in [0, 0.1) is 0 Å². The molecule has 0 unspecified atom stereocenters. The highest BCUT2D eigenvalue weighted by Gasteiger charge is 2.10. The molecular formula is C17H25N3O2. The van der Waals surface area contributed by atoms with Crippen molar-refractivity contribution in [1.82, 2.24) is 10.3 Å². The van der Waals surface area contributed by atoms with E-state index in [0.29, 0.717) is 6.47 Å². The number of H-pyrrole nitrogens is 1. The summed E-state index contributed by atoms with van der Waals surface area (Å²) in [5.74, 6) is 0. The third-order valence-corrected chi connectivity index (χ3v) is 3.42. The molecule has 1 aliphatic rings. The van der Waals surface area contributed by atoms with Crippen LogP contribution < -0.4 is 10.2 Å². The maximum absolute atomic E-state index is 9.60. The van der Waals surface area contributed by atoms with Gasteiger partial charge >= 0.3 is 0 Å². The number of aromatic amines is 1. The van der Waals surface area contributed by atoms with Gasteiger partial charge in [0.05, 0.1) is 0 Å². The Hall–Kier alpha value is -2.01. The Labute approximate surface area is 131 Å². The number of benzene rings is 1. The number of piperazine rings is 1. The van der Waals surface area contributed by atoms with Gasteiger partial charge in [0.15, 0.2) is 0 Å². The van der Waals surface area contributed by atoms with Gasteiger partial charge in [-0.3, -0.25) is 4.79 Å². The molecule has 0 aliphatic carbocycles. The van der Waals surface area contributed by atoms with Crippen LogP contribution in [0.25, 0.3) is 10.9 Å². The van der Waals surface area contributed by atoms with Crippen molar-refractivity contribution in [1.29, 1.82) is 0 Å². The second kappa shape index (κ2) is 7.31. The van der Waals surface area contributed by atoms with Crippen LogP contribution >= 0.6 is 0 Å². The minimum Gasteiger partial charge on any atom is -0.462 e. The standard InChI is InChI=1S/C12H15N3.C5H10O2/c1-2-12-10(3-4-14-12)9-11(1)15-7-5-13-6-8-15;1-5(2,3)7-4-6/h1-4,9,13-14H,5-8H2;4H,1-3H3. The third-order valence-electron chi connectivity index (χ3n) is 3.42. The molecule has 1 aliphatic heterocycles. The normalized spacial score (nSPS) is 15.1. The quantitative estimate of drug-likeness (QED) is 0.837. The van der Waals surface area contributed by atoms with Crippen molar-refractivity contribution in [3.05, 3.63) is 30.5 Å². The van der Waals surface area contributed by atoms with E-state index in [1.54, 1.807) is 0 Å². The third kappa shape index (κ3) is 4.77. The zero-order chi connectivity index (χ0) is 16.0. The van der Waals surface area contributed by atoms with Gasteiger partial charge in [0.25, 0.3) is 6.47 Å². The van der Waals surface area contributed by atoms with Crippen LogP contribution in [0.5, 0.6) is 0 Å². The lowest BCUT2D eigenvalue weighted by atomic mass is 10.2. The molecule has 2 aromatic rings. The van der Waals surface area contributed by atoms with E-state index in [1.165, 1.54) is 16.6 Å². The summed E-state index contributed by atoms with van der Waals surface area (Å²) in [5, 5.41) is 4.67. The zero-order valence-corrected chi connectivity index (χ0v) is 13.6. The van der Waals surface area contributed by atoms with Crippen LogP contribution in [0.3, 0.4) is 0 Å². The summed E-state index contributed by atoms with van der Waals surface area (Å²) in [6.07, 6.45) is 1.99. The molecule has 1 saturated heterocycles. The molecule has 0 bridgehead atoms. The van der Waals surface area contributed by atoms with Crippen LogP contribution in [0.2, 0.25) is 0 Å². The SMILES string of the molecule is CC(C)(C)OC=O.c1cc2cc(N3CCNCC3)ccc2[nH]1. The Balaban J connectivity index is 0.000000217. The van der Waals surface area contributed by atoms with Crippen LogP contribution in [0.15, 0.2) is 30.5 Å². The van der Waals surface area contributed by atoms with E-state index >= 15 is 0 Å². The smallest absolute Gasteiger partial charge is 0.293 e. The predicted molar refractivity (Wildman–Crippen MR) is 90.3 cm³/mol. The van der Waals surface area contributed by atoms with Gasteiger partial charge in [-0.1, -0.05) is 0 Å². The topological polar surface area (TPSA) is 57.4 Å². The van der Waals surface area contributed by atoms with E-state index in [9.17, 15) is 4.79 Å². The molecule has 1 aromatic carbocycles. The van der Waals surface area contributed by atoms with E-state index in [4.69, 9.17) is 0 Å². The highest BCUT2D eigenvalue weighted by molar-refractivity contribution is 5.83. The number of rotatable bonds is 2. The fourth-order valence-corrected chi connectivity index (χ4v) is 2.30. The van der Waals surface area contributed by atoms with Gasteiger partial charge < -0.3 is 19.9 Å². The first-order valence-corrected chi connectivity index (χ1v) is 7.64. The summed E-state index contributed by atoms with van der Waals surface area (Å²) in [7, 11) is 0. The van der Waals surface area contributed by atoms with Crippen LogP contribution in [0.4, 0.5) is 5.69 Å². The van der Waals surface area contributed by atoms with Crippen molar-refractivity contribution < 1.29 is 9.53 Å². The maximum Gasteiger partial charge on any atom is 0.293 e. The molecule has 0 spiro atoms. The van der Waals surface area contributed by atoms with Gasteiger partial charge in [-0.05, 0) is 45.0 Å². The van der Waals surface area contributed by atoms with E-state index in [-0.39, 0.29) is 5.60 Å². The lowest BCUT2D eigenvalue weighted by Crippen LogP contribution is -2.43. The van der Waals surface area contributed by atoms with E-state index in [0.717, 1.165) is 26.2 Å². The van der Waals surface area contributed by atoms with Gasteiger partial charge in [0.2, 0.25) is 0 Å². The van der Waals surface area contributed by atoms with Crippen molar-refractivity contribution in [3.63, 3.8) is 0 Å². The second-order valence-corrected chi connectivity index (χ2v) is 6.31. The first-order chi connectivity index (χ1) is 10.5. The Bertz CT molecular complexity index is 595. The average Bonchev–Trinajstić information content (AvgIpc) is 2.95. The first kappa shape index (κ1) is 16.4. The van der Waals surface area contributed by atoms with Crippen molar-refractivity contribution >= 4 is 23.1 Å². The number of fused-ring (bicyclic) bond motifs is 1. The Morgan fingerprint density at radius 2 is 1.91 bits per heavy atom. The molecule has 22 heavy (non-hydrogen) atoms. The number of carbonyl (C=O) groups is 1. The summed E-state index contributed by atoms with van der Waals surface area (Å²) in [6.45, 7) is 10.3. The van der Waals surface area contributed by atoms with Gasteiger partial charge in [0.1, 0.15) is 5.60 Å². The summed E-state index contributed by atoms with van der Waals surface area (Å²) < 4.78 is 4.55. The highest BCUT2D eigenvalue weighted by atomic mass is 16.5. The number of ether oxygens (including phenoxy) is 1. The Kier molecular flexibility index (Phi) is 5.44. The number of nitrogens with zero attached hydrogens (tertiary/aromatic N) is 1. The Morgan fingerprint density at radius 1 is 1.18 bits per heavy atom. The van der Waals surface area contributed by atoms with Crippen molar-refractivity contribution in [2.45, 2.75) is 26.4 Å². The van der Waals surface area contributed by atoms with Gasteiger partial charge in [-0.15, -0.1) is 0 Å². The second-order valence-electron chi connectivity index (χ2n) is 6.31. The molecule has 2 N–H and O–H groups in total. The van der Waals surface area contributed by atoms with Crippen molar-refractivity contribution in [3.8, 4) is 0 Å². The summed E-state index contributed by atoms with van der Waals surface area (Å²) in [4.78, 5) is 15.3. The largest absolute Gasteiger partial charge is 0.462 e. The van der Waals surface area contributed by atoms with Crippen LogP contribution in [-0.4, -0.2) is 43.2 Å². The molecule has 5 heteroatoms. The molecule has 1 fully saturated rings. The maximum atomic E-state index is 9.60. The number of anilines is 1. The van der Waals surface area contributed by atoms with Crippen molar-refractivity contribution in [2.24, 2.45) is 0 Å². The lowest BCUT2D eigenvalue weighted by Gasteiger charge is -2.29. The monoisotopic (exact) mass is 303 g/mol. The minimum absolute atomic E-state index is 0.318. The molecule has 2 heterocycles. The fraction of sp³-hybridized carbons (Fsp3) is 0.471. The molecule has 0 atom stereocenters. The number of hydrogen-bond donors (Lipinski definition) is 2. The molecule has 0 amide bonds. The van der Waals surface area contributed by atoms with Gasteiger partial charge in [-0.2, -0.15) is 0 Å². The summed E-state index contributed by atoms with van der Waals surface area (Å²) in [5.41, 5.74) is 2.24. The average molecular weight is 303 g/mol. The number of aromatic nitrogens is 1. The van der Waals surface area contributed by atoms with E-state index in [1.807, 2.05) is 27.0 Å². The molecule has 5 nitrogen and oxygen atoms in total. The van der Waals surface area contributed by atoms with Crippen molar-refractivity contribution in [2.75, 3.05) is 31.1 Å². The minimum atomic E-state index is -0.318. The molecule has 0 saturated carbocycles. The van der Waals surface area contributed by atoms with Gasteiger partial charge in [0, 0.05) is 49.0 Å². The molecule has 1 aromatic heterocycles.